The zero-order chi connectivity index (χ0) is 23.6. The Morgan fingerprint density at radius 2 is 1.91 bits per heavy atom. The Labute approximate surface area is 187 Å². The third kappa shape index (κ3) is 4.80. The molecule has 3 aromatic rings. The summed E-state index contributed by atoms with van der Waals surface area (Å²) in [5.74, 6) is -0.772. The first-order chi connectivity index (χ1) is 15.8. The van der Waals surface area contributed by atoms with Gasteiger partial charge in [0.25, 0.3) is 5.91 Å². The molecule has 1 amide bonds. The Balaban J connectivity index is 1.71. The van der Waals surface area contributed by atoms with Crippen LogP contribution < -0.4 is 14.8 Å². The maximum absolute atomic E-state index is 12.5. The molecule has 0 saturated carbocycles. The third-order valence-electron chi connectivity index (χ3n) is 5.33. The molecule has 0 bridgehead atoms. The van der Waals surface area contributed by atoms with Gasteiger partial charge in [-0.05, 0) is 41.8 Å². The predicted molar refractivity (Wildman–Crippen MR) is 116 cm³/mol. The fraction of sp³-hybridized carbons (Fsp3) is 0.304. The highest BCUT2D eigenvalue weighted by Crippen LogP contribution is 2.36. The molecule has 0 fully saturated rings. The number of rotatable bonds is 6. The summed E-state index contributed by atoms with van der Waals surface area (Å²) in [5, 5.41) is 1.85. The summed E-state index contributed by atoms with van der Waals surface area (Å²) >= 11 is 0. The Hall–Kier alpha value is -3.53. The number of aromatic nitrogens is 2. The number of imidazole rings is 1. The van der Waals surface area contributed by atoms with Crippen molar-refractivity contribution in [3.8, 4) is 22.8 Å². The Bertz CT molecular complexity index is 1190. The highest BCUT2D eigenvalue weighted by molar-refractivity contribution is 6.00. The zero-order valence-electron chi connectivity index (χ0n) is 18.0. The minimum atomic E-state index is -4.54. The number of benzene rings is 1. The quantitative estimate of drug-likeness (QED) is 0.598. The molecule has 1 aromatic carbocycles. The predicted octanol–water partition coefficient (Wildman–Crippen LogP) is 4.11. The number of nitrogens with one attached hydrogen (secondary N) is 1. The highest BCUT2D eigenvalue weighted by Gasteiger charge is 2.30. The normalized spacial score (nSPS) is 14.2. The van der Waals surface area contributed by atoms with Crippen LogP contribution in [0.25, 0.3) is 22.5 Å². The summed E-state index contributed by atoms with van der Waals surface area (Å²) in [6.45, 7) is -0.195. The van der Waals surface area contributed by atoms with E-state index in [1.54, 1.807) is 18.3 Å². The van der Waals surface area contributed by atoms with Crippen molar-refractivity contribution >= 4 is 17.1 Å². The van der Waals surface area contributed by atoms with E-state index in [4.69, 9.17) is 14.2 Å². The van der Waals surface area contributed by atoms with Gasteiger partial charge in [0.15, 0.2) is 0 Å². The second-order valence-corrected chi connectivity index (χ2v) is 7.39. The molecule has 0 radical (unpaired) electrons. The summed E-state index contributed by atoms with van der Waals surface area (Å²) < 4.78 is 55.5. The second-order valence-electron chi connectivity index (χ2n) is 7.39. The Morgan fingerprint density at radius 1 is 1.18 bits per heavy atom. The number of hydrogen-bond donors (Lipinski definition) is 1. The number of ether oxygens (including phenoxy) is 3. The first-order valence-corrected chi connectivity index (χ1v) is 10.2. The molecule has 0 spiro atoms. The van der Waals surface area contributed by atoms with Gasteiger partial charge in [-0.15, -0.1) is 0 Å². The molecule has 1 N–H and O–H groups in total. The SMILES string of the molecule is COc1cc(-c2cnc3cc(C4=CCOCC4)ccn23)cc(OC)c1C(=O)NCC(F)(F)F. The van der Waals surface area contributed by atoms with Gasteiger partial charge in [0.1, 0.15) is 29.3 Å². The second kappa shape index (κ2) is 9.14. The van der Waals surface area contributed by atoms with E-state index < -0.39 is 18.6 Å². The number of fused-ring (bicyclic) bond motifs is 1. The van der Waals surface area contributed by atoms with E-state index in [1.807, 2.05) is 28.0 Å². The van der Waals surface area contributed by atoms with Gasteiger partial charge in [0.2, 0.25) is 0 Å². The van der Waals surface area contributed by atoms with Gasteiger partial charge >= 0.3 is 6.18 Å². The van der Waals surface area contributed by atoms with E-state index in [-0.39, 0.29) is 17.1 Å². The zero-order valence-corrected chi connectivity index (χ0v) is 18.0. The molecular formula is C23H22F3N3O4. The number of hydrogen-bond acceptors (Lipinski definition) is 5. The molecule has 7 nitrogen and oxygen atoms in total. The van der Waals surface area contributed by atoms with E-state index >= 15 is 0 Å². The average molecular weight is 461 g/mol. The molecule has 174 valence electrons. The fourth-order valence-corrected chi connectivity index (χ4v) is 3.74. The number of methoxy groups -OCH3 is 2. The van der Waals surface area contributed by atoms with Crippen LogP contribution in [0.1, 0.15) is 22.3 Å². The minimum Gasteiger partial charge on any atom is -0.496 e. The lowest BCUT2D eigenvalue weighted by Gasteiger charge is -2.16. The van der Waals surface area contributed by atoms with Crippen LogP contribution in [-0.2, 0) is 4.74 Å². The number of nitrogens with zero attached hydrogens (tertiary/aromatic N) is 2. The lowest BCUT2D eigenvalue weighted by atomic mass is 10.0. The van der Waals surface area contributed by atoms with Gasteiger partial charge in [-0.2, -0.15) is 13.2 Å². The number of halogens is 3. The van der Waals surface area contributed by atoms with Crippen LogP contribution in [0.2, 0.25) is 0 Å². The van der Waals surface area contributed by atoms with Crippen molar-refractivity contribution in [2.75, 3.05) is 34.0 Å². The summed E-state index contributed by atoms with van der Waals surface area (Å²) in [6, 6.07) is 7.11. The number of carbonyl (C=O) groups excluding carboxylic acids is 1. The molecule has 4 rings (SSSR count). The maximum Gasteiger partial charge on any atom is 0.405 e. The fourth-order valence-electron chi connectivity index (χ4n) is 3.74. The smallest absolute Gasteiger partial charge is 0.405 e. The largest absolute Gasteiger partial charge is 0.496 e. The highest BCUT2D eigenvalue weighted by atomic mass is 19.4. The van der Waals surface area contributed by atoms with Crippen LogP contribution in [0.15, 0.2) is 42.7 Å². The summed E-state index contributed by atoms with van der Waals surface area (Å²) in [4.78, 5) is 16.9. The first kappa shape index (κ1) is 22.7. The standard InChI is InChI=1S/C23H22F3N3O4/c1-31-18-9-16(10-19(32-2)21(18)22(30)28-13-23(24,25)26)17-12-27-20-11-15(3-6-29(17)20)14-4-7-33-8-5-14/h3-4,6,9-12H,5,7-8,13H2,1-2H3,(H,28,30). The maximum atomic E-state index is 12.5. The Kier molecular flexibility index (Phi) is 6.28. The third-order valence-corrected chi connectivity index (χ3v) is 5.33. The van der Waals surface area contributed by atoms with Crippen LogP contribution in [-0.4, -0.2) is 55.4 Å². The first-order valence-electron chi connectivity index (χ1n) is 10.2. The van der Waals surface area contributed by atoms with Gasteiger partial charge in [-0.3, -0.25) is 9.20 Å². The van der Waals surface area contributed by atoms with E-state index in [9.17, 15) is 18.0 Å². The van der Waals surface area contributed by atoms with E-state index in [1.165, 1.54) is 19.8 Å². The monoisotopic (exact) mass is 461 g/mol. The van der Waals surface area contributed by atoms with Crippen LogP contribution in [0.4, 0.5) is 13.2 Å². The van der Waals surface area contributed by atoms with Crippen molar-refractivity contribution in [3.05, 3.63) is 53.9 Å². The molecule has 33 heavy (non-hydrogen) atoms. The summed E-state index contributed by atoms with van der Waals surface area (Å²) in [5.41, 5.74) is 4.20. The number of carbonyl (C=O) groups is 1. The van der Waals surface area contributed by atoms with Gasteiger partial charge in [0, 0.05) is 11.8 Å². The van der Waals surface area contributed by atoms with Crippen molar-refractivity contribution in [3.63, 3.8) is 0 Å². The van der Waals surface area contributed by atoms with Crippen LogP contribution >= 0.6 is 0 Å². The molecule has 0 aliphatic carbocycles. The van der Waals surface area contributed by atoms with Crippen LogP contribution in [0.3, 0.4) is 0 Å². The van der Waals surface area contributed by atoms with E-state index in [0.717, 1.165) is 17.6 Å². The number of amides is 1. The average Bonchev–Trinajstić information content (AvgIpc) is 3.25. The minimum absolute atomic E-state index is 0.0861. The van der Waals surface area contributed by atoms with Crippen molar-refractivity contribution < 1.29 is 32.2 Å². The molecule has 1 aliphatic heterocycles. The van der Waals surface area contributed by atoms with Crippen molar-refractivity contribution in [2.45, 2.75) is 12.6 Å². The van der Waals surface area contributed by atoms with Crippen molar-refractivity contribution in [2.24, 2.45) is 0 Å². The lowest BCUT2D eigenvalue weighted by Crippen LogP contribution is -2.34. The lowest BCUT2D eigenvalue weighted by molar-refractivity contribution is -0.123. The van der Waals surface area contributed by atoms with Gasteiger partial charge < -0.3 is 19.5 Å². The van der Waals surface area contributed by atoms with Gasteiger partial charge in [-0.1, -0.05) is 6.08 Å². The molecule has 0 saturated heterocycles. The van der Waals surface area contributed by atoms with Gasteiger partial charge in [0.05, 0.1) is 39.3 Å². The Morgan fingerprint density at radius 3 is 2.52 bits per heavy atom. The number of alkyl halides is 3. The molecule has 10 heteroatoms. The van der Waals surface area contributed by atoms with Crippen LogP contribution in [0.5, 0.6) is 11.5 Å². The molecule has 3 heterocycles. The van der Waals surface area contributed by atoms with Gasteiger partial charge in [-0.25, -0.2) is 4.98 Å². The van der Waals surface area contributed by atoms with E-state index in [2.05, 4.69) is 11.1 Å². The number of pyridine rings is 1. The molecule has 0 atom stereocenters. The van der Waals surface area contributed by atoms with Crippen LogP contribution in [0, 0.1) is 0 Å². The molecular weight excluding hydrogens is 439 g/mol. The topological polar surface area (TPSA) is 74.1 Å². The molecule has 1 aliphatic rings. The summed E-state index contributed by atoms with van der Waals surface area (Å²) in [6.07, 6.45) is 1.92. The van der Waals surface area contributed by atoms with Crippen molar-refractivity contribution in [1.82, 2.24) is 14.7 Å². The molecule has 2 aromatic heterocycles. The van der Waals surface area contributed by atoms with E-state index in [0.29, 0.717) is 24.5 Å². The molecule has 0 unspecified atom stereocenters. The summed E-state index contributed by atoms with van der Waals surface area (Å²) in [7, 11) is 2.67. The van der Waals surface area contributed by atoms with Crippen molar-refractivity contribution in [1.29, 1.82) is 0 Å².